The molecule has 1 aliphatic rings. The van der Waals surface area contributed by atoms with Crippen molar-refractivity contribution in [1.82, 2.24) is 14.4 Å². The van der Waals surface area contributed by atoms with E-state index in [0.717, 1.165) is 24.2 Å². The van der Waals surface area contributed by atoms with Crippen LogP contribution in [0.4, 0.5) is 5.82 Å². The maximum absolute atomic E-state index is 11.3. The number of anilines is 1. The number of hydrogen-bond donors (Lipinski definition) is 2. The Morgan fingerprint density at radius 2 is 2.19 bits per heavy atom. The summed E-state index contributed by atoms with van der Waals surface area (Å²) < 4.78 is 2.65. The second-order valence-electron chi connectivity index (χ2n) is 5.93. The minimum absolute atomic E-state index is 0.248. The first kappa shape index (κ1) is 14.3. The molecule has 112 valence electrons. The molecule has 6 nitrogen and oxygen atoms in total. The van der Waals surface area contributed by atoms with Crippen LogP contribution in [0.25, 0.3) is 5.52 Å². The summed E-state index contributed by atoms with van der Waals surface area (Å²) in [7, 11) is 0. The first-order chi connectivity index (χ1) is 9.92. The van der Waals surface area contributed by atoms with Crippen molar-refractivity contribution in [2.75, 3.05) is 5.73 Å². The number of aliphatic carboxylic acids is 1. The van der Waals surface area contributed by atoms with E-state index in [9.17, 15) is 9.90 Å². The molecule has 0 radical (unpaired) electrons. The molecule has 0 bridgehead atoms. The summed E-state index contributed by atoms with van der Waals surface area (Å²) in [6.45, 7) is 1.83. The van der Waals surface area contributed by atoms with Crippen LogP contribution < -0.4 is 5.73 Å². The molecule has 1 saturated carbocycles. The summed E-state index contributed by atoms with van der Waals surface area (Å²) in [4.78, 5) is 20.0. The predicted molar refractivity (Wildman–Crippen MR) is 82.1 cm³/mol. The van der Waals surface area contributed by atoms with Crippen molar-refractivity contribution in [2.45, 2.75) is 38.5 Å². The van der Waals surface area contributed by atoms with Crippen LogP contribution in [0.15, 0.2) is 17.0 Å². The van der Waals surface area contributed by atoms with Crippen LogP contribution >= 0.6 is 15.9 Å². The van der Waals surface area contributed by atoms with Crippen LogP contribution in [0, 0.1) is 5.41 Å². The normalized spacial score (nSPS) is 26.1. The highest BCUT2D eigenvalue weighted by atomic mass is 79.9. The number of halogens is 1. The molecule has 2 aromatic rings. The highest BCUT2D eigenvalue weighted by Crippen LogP contribution is 2.43. The van der Waals surface area contributed by atoms with Crippen LogP contribution in [0.1, 0.15) is 44.3 Å². The van der Waals surface area contributed by atoms with Crippen LogP contribution in [0.3, 0.4) is 0 Å². The van der Waals surface area contributed by atoms with Gasteiger partial charge in [-0.05, 0) is 48.5 Å². The van der Waals surface area contributed by atoms with Gasteiger partial charge in [-0.15, -0.1) is 0 Å². The third-order valence-corrected chi connectivity index (χ3v) is 5.09. The number of rotatable bonds is 2. The Bertz CT molecular complexity index is 704. The Kier molecular flexibility index (Phi) is 3.39. The molecule has 7 heteroatoms. The molecular weight excluding hydrogens is 336 g/mol. The summed E-state index contributed by atoms with van der Waals surface area (Å²) in [5, 5.41) is 9.31. The Labute approximate surface area is 130 Å². The molecule has 1 aliphatic carbocycles. The zero-order valence-corrected chi connectivity index (χ0v) is 13.3. The fraction of sp³-hybridized carbons (Fsp3) is 0.500. The molecule has 0 aromatic carbocycles. The molecule has 0 spiro atoms. The largest absolute Gasteiger partial charge is 0.481 e. The molecule has 0 amide bonds. The fourth-order valence-corrected chi connectivity index (χ4v) is 3.63. The number of fused-ring (bicyclic) bond motifs is 1. The molecule has 3 rings (SSSR count). The average molecular weight is 353 g/mol. The Morgan fingerprint density at radius 1 is 1.52 bits per heavy atom. The minimum atomic E-state index is -0.705. The second-order valence-corrected chi connectivity index (χ2v) is 6.68. The number of imidazole rings is 1. The molecule has 0 unspecified atom stereocenters. The van der Waals surface area contributed by atoms with Crippen LogP contribution in [-0.4, -0.2) is 25.4 Å². The van der Waals surface area contributed by atoms with Crippen molar-refractivity contribution in [3.05, 3.63) is 22.8 Å². The summed E-state index contributed by atoms with van der Waals surface area (Å²) in [5.41, 5.74) is 6.07. The summed E-state index contributed by atoms with van der Waals surface area (Å²) in [6.07, 6.45) is 6.47. The van der Waals surface area contributed by atoms with Gasteiger partial charge in [-0.1, -0.05) is 0 Å². The van der Waals surface area contributed by atoms with Crippen molar-refractivity contribution in [3.8, 4) is 0 Å². The van der Waals surface area contributed by atoms with E-state index in [0.29, 0.717) is 23.3 Å². The Morgan fingerprint density at radius 3 is 2.81 bits per heavy atom. The van der Waals surface area contributed by atoms with Crippen molar-refractivity contribution in [1.29, 1.82) is 0 Å². The van der Waals surface area contributed by atoms with Gasteiger partial charge in [-0.3, -0.25) is 9.20 Å². The number of carbonyl (C=O) groups is 1. The smallest absolute Gasteiger partial charge is 0.309 e. The van der Waals surface area contributed by atoms with Gasteiger partial charge in [0.15, 0.2) is 5.82 Å². The third-order valence-electron chi connectivity index (χ3n) is 4.54. The predicted octanol–water partition coefficient (Wildman–Crippen LogP) is 2.82. The van der Waals surface area contributed by atoms with E-state index < -0.39 is 11.4 Å². The lowest BCUT2D eigenvalue weighted by Crippen LogP contribution is -2.32. The van der Waals surface area contributed by atoms with Crippen molar-refractivity contribution < 1.29 is 9.90 Å². The molecular formula is C14H17BrN4O2. The van der Waals surface area contributed by atoms with E-state index in [4.69, 9.17) is 5.73 Å². The Balaban J connectivity index is 1.93. The molecule has 0 saturated heterocycles. The van der Waals surface area contributed by atoms with E-state index in [1.807, 2.05) is 17.5 Å². The minimum Gasteiger partial charge on any atom is -0.481 e. The SMILES string of the molecule is CC1(C(=O)O)CCC(c2nc(Br)c3c(N)nccn23)CC1. The van der Waals surface area contributed by atoms with Crippen molar-refractivity contribution in [2.24, 2.45) is 5.41 Å². The number of carboxylic acids is 1. The number of carboxylic acid groups (broad SMARTS) is 1. The van der Waals surface area contributed by atoms with Gasteiger partial charge in [-0.25, -0.2) is 9.97 Å². The quantitative estimate of drug-likeness (QED) is 0.866. The first-order valence-corrected chi connectivity index (χ1v) is 7.73. The van der Waals surface area contributed by atoms with Crippen molar-refractivity contribution >= 4 is 33.2 Å². The fourth-order valence-electron chi connectivity index (χ4n) is 3.06. The van der Waals surface area contributed by atoms with Gasteiger partial charge in [-0.2, -0.15) is 0 Å². The van der Waals surface area contributed by atoms with Gasteiger partial charge in [0.2, 0.25) is 0 Å². The lowest BCUT2D eigenvalue weighted by atomic mass is 9.71. The zero-order chi connectivity index (χ0) is 15.2. The highest BCUT2D eigenvalue weighted by Gasteiger charge is 2.39. The van der Waals surface area contributed by atoms with E-state index in [1.54, 1.807) is 6.20 Å². The Hall–Kier alpha value is -1.63. The molecule has 1 fully saturated rings. The number of nitrogens with two attached hydrogens (primary N) is 1. The maximum Gasteiger partial charge on any atom is 0.309 e. The van der Waals surface area contributed by atoms with Gasteiger partial charge in [0.1, 0.15) is 15.9 Å². The monoisotopic (exact) mass is 352 g/mol. The molecule has 0 atom stereocenters. The zero-order valence-electron chi connectivity index (χ0n) is 11.7. The number of nitrogen functional groups attached to an aromatic ring is 1. The lowest BCUT2D eigenvalue weighted by molar-refractivity contribution is -0.150. The van der Waals surface area contributed by atoms with Gasteiger partial charge in [0.05, 0.1) is 5.41 Å². The van der Waals surface area contributed by atoms with Crippen LogP contribution in [-0.2, 0) is 4.79 Å². The molecule has 0 aliphatic heterocycles. The summed E-state index contributed by atoms with van der Waals surface area (Å²) >= 11 is 3.43. The van der Waals surface area contributed by atoms with Gasteiger partial charge in [0, 0.05) is 18.3 Å². The first-order valence-electron chi connectivity index (χ1n) is 6.94. The molecule has 2 heterocycles. The number of hydrogen-bond acceptors (Lipinski definition) is 4. The highest BCUT2D eigenvalue weighted by molar-refractivity contribution is 9.10. The molecule has 21 heavy (non-hydrogen) atoms. The summed E-state index contributed by atoms with van der Waals surface area (Å²) in [5.74, 6) is 0.911. The van der Waals surface area contributed by atoms with E-state index >= 15 is 0 Å². The number of aromatic nitrogens is 3. The second kappa shape index (κ2) is 4.98. The van der Waals surface area contributed by atoms with E-state index in [1.165, 1.54) is 0 Å². The maximum atomic E-state index is 11.3. The molecule has 2 aromatic heterocycles. The van der Waals surface area contributed by atoms with Crippen molar-refractivity contribution in [3.63, 3.8) is 0 Å². The van der Waals surface area contributed by atoms with Gasteiger partial charge < -0.3 is 10.8 Å². The van der Waals surface area contributed by atoms with Gasteiger partial charge in [0.25, 0.3) is 0 Å². The van der Waals surface area contributed by atoms with Crippen LogP contribution in [0.2, 0.25) is 0 Å². The lowest BCUT2D eigenvalue weighted by Gasteiger charge is -2.33. The van der Waals surface area contributed by atoms with E-state index in [2.05, 4.69) is 25.9 Å². The standard InChI is InChI=1S/C14H17BrN4O2/c1-14(13(20)21)4-2-8(3-5-14)12-18-10(15)9-11(16)17-6-7-19(9)12/h6-8H,2-5H2,1H3,(H2,16,17)(H,20,21). The molecule has 3 N–H and O–H groups in total. The summed E-state index contributed by atoms with van der Waals surface area (Å²) in [6, 6.07) is 0. The topological polar surface area (TPSA) is 93.5 Å². The number of nitrogens with zero attached hydrogens (tertiary/aromatic N) is 3. The van der Waals surface area contributed by atoms with Crippen LogP contribution in [0.5, 0.6) is 0 Å². The van der Waals surface area contributed by atoms with Gasteiger partial charge >= 0.3 is 5.97 Å². The third kappa shape index (κ3) is 2.29. The van der Waals surface area contributed by atoms with E-state index in [-0.39, 0.29) is 5.92 Å². The average Bonchev–Trinajstić information content (AvgIpc) is 2.78.